The fourth-order valence-corrected chi connectivity index (χ4v) is 6.37. The lowest BCUT2D eigenvalue weighted by Gasteiger charge is -2.34. The molecule has 0 amide bonds. The molecule has 5 nitrogen and oxygen atoms in total. The summed E-state index contributed by atoms with van der Waals surface area (Å²) < 4.78 is 28.0. The third-order valence-electron chi connectivity index (χ3n) is 5.82. The number of thioether (sulfide) groups is 1. The third kappa shape index (κ3) is 3.86. The predicted molar refractivity (Wildman–Crippen MR) is 125 cm³/mol. The van der Waals surface area contributed by atoms with Crippen LogP contribution in [0.4, 0.5) is 0 Å². The van der Waals surface area contributed by atoms with Crippen LogP contribution in [0, 0.1) is 20.8 Å². The summed E-state index contributed by atoms with van der Waals surface area (Å²) in [4.78, 5) is 10.4. The summed E-state index contributed by atoms with van der Waals surface area (Å²) in [7, 11) is -3.51. The van der Waals surface area contributed by atoms with Crippen molar-refractivity contribution in [1.29, 1.82) is 0 Å². The Labute approximate surface area is 183 Å². The molecule has 0 atom stereocenters. The topological polar surface area (TPSA) is 62.1 Å². The molecule has 30 heavy (non-hydrogen) atoms. The maximum Gasteiger partial charge on any atom is 0.243 e. The van der Waals surface area contributed by atoms with Crippen molar-refractivity contribution in [2.75, 3.05) is 19.3 Å². The van der Waals surface area contributed by atoms with Crippen LogP contribution in [-0.2, 0) is 10.0 Å². The Hall–Kier alpha value is -1.96. The highest BCUT2D eigenvalue weighted by molar-refractivity contribution is 8.15. The average molecular weight is 442 g/mol. The lowest BCUT2D eigenvalue weighted by molar-refractivity contribution is 0.249. The van der Waals surface area contributed by atoms with Gasteiger partial charge in [0.1, 0.15) is 5.04 Å². The van der Waals surface area contributed by atoms with E-state index in [1.807, 2.05) is 32.2 Å². The van der Waals surface area contributed by atoms with Gasteiger partial charge in [0.2, 0.25) is 10.0 Å². The van der Waals surface area contributed by atoms with Crippen LogP contribution in [0.5, 0.6) is 0 Å². The van der Waals surface area contributed by atoms with E-state index in [0.29, 0.717) is 30.8 Å². The van der Waals surface area contributed by atoms with Crippen LogP contribution < -0.4 is 0 Å². The minimum absolute atomic E-state index is 0.396. The molecule has 1 spiro atoms. The van der Waals surface area contributed by atoms with Gasteiger partial charge in [-0.05, 0) is 38.7 Å². The highest BCUT2D eigenvalue weighted by Crippen LogP contribution is 2.37. The molecule has 158 valence electrons. The highest BCUT2D eigenvalue weighted by Gasteiger charge is 2.42. The van der Waals surface area contributed by atoms with E-state index in [1.165, 1.54) is 5.56 Å². The van der Waals surface area contributed by atoms with E-state index in [9.17, 15) is 8.42 Å². The molecule has 2 aromatic carbocycles. The molecule has 0 aliphatic carbocycles. The zero-order valence-electron chi connectivity index (χ0n) is 17.8. The number of hydrogen-bond donors (Lipinski definition) is 0. The number of aliphatic imine (C=N–C) groups is 2. The van der Waals surface area contributed by atoms with Crippen molar-refractivity contribution in [2.45, 2.75) is 44.2 Å². The van der Waals surface area contributed by atoms with E-state index in [1.54, 1.807) is 22.1 Å². The van der Waals surface area contributed by atoms with E-state index in [-0.39, 0.29) is 0 Å². The van der Waals surface area contributed by atoms with Gasteiger partial charge in [0.15, 0.2) is 5.66 Å². The molecule has 0 bridgehead atoms. The van der Waals surface area contributed by atoms with Crippen molar-refractivity contribution in [3.05, 3.63) is 64.7 Å². The Morgan fingerprint density at radius 1 is 0.933 bits per heavy atom. The monoisotopic (exact) mass is 441 g/mol. The van der Waals surface area contributed by atoms with E-state index in [0.717, 1.165) is 27.4 Å². The van der Waals surface area contributed by atoms with Gasteiger partial charge in [-0.15, -0.1) is 11.8 Å². The van der Waals surface area contributed by atoms with E-state index >= 15 is 0 Å². The lowest BCUT2D eigenvalue weighted by atomic mass is 10.00. The first-order valence-electron chi connectivity index (χ1n) is 10.1. The Morgan fingerprint density at radius 3 is 2.17 bits per heavy atom. The summed E-state index contributed by atoms with van der Waals surface area (Å²) in [6.45, 7) is 6.74. The number of aryl methyl sites for hydroxylation is 3. The standard InChI is InChI=1S/C23H27N3O2S2/c1-16-5-8-19(9-6-16)21-22(29-4)25-23(24-21)11-13-26(14-12-23)30(27,28)20-10-7-17(2)15-18(20)3/h5-10,15H,11-14H2,1-4H3. The van der Waals surface area contributed by atoms with Crippen LogP contribution in [0.2, 0.25) is 0 Å². The van der Waals surface area contributed by atoms with Gasteiger partial charge in [0, 0.05) is 31.5 Å². The van der Waals surface area contributed by atoms with Gasteiger partial charge >= 0.3 is 0 Å². The predicted octanol–water partition coefficient (Wildman–Crippen LogP) is 4.36. The van der Waals surface area contributed by atoms with Crippen LogP contribution in [0.3, 0.4) is 0 Å². The van der Waals surface area contributed by atoms with Gasteiger partial charge in [0.25, 0.3) is 0 Å². The Kier molecular flexibility index (Phi) is 5.64. The minimum atomic E-state index is -3.51. The lowest BCUT2D eigenvalue weighted by Crippen LogP contribution is -2.44. The Morgan fingerprint density at radius 2 is 1.57 bits per heavy atom. The van der Waals surface area contributed by atoms with Gasteiger partial charge in [-0.2, -0.15) is 4.31 Å². The maximum atomic E-state index is 13.2. The Bertz CT molecular complexity index is 1130. The van der Waals surface area contributed by atoms with E-state index < -0.39 is 15.7 Å². The number of benzene rings is 2. The quantitative estimate of drug-likeness (QED) is 0.711. The number of hydrogen-bond acceptors (Lipinski definition) is 5. The van der Waals surface area contributed by atoms with Crippen molar-refractivity contribution < 1.29 is 8.42 Å². The molecule has 0 saturated carbocycles. The summed E-state index contributed by atoms with van der Waals surface area (Å²) in [5, 5.41) is 0.935. The molecule has 2 heterocycles. The second-order valence-electron chi connectivity index (χ2n) is 8.10. The third-order valence-corrected chi connectivity index (χ3v) is 8.55. The molecule has 0 aromatic heterocycles. The average Bonchev–Trinajstić information content (AvgIpc) is 3.07. The summed E-state index contributed by atoms with van der Waals surface area (Å²) in [5.74, 6) is 0. The number of rotatable bonds is 3. The molecule has 0 N–H and O–H groups in total. The minimum Gasteiger partial charge on any atom is -0.252 e. The number of nitrogens with zero attached hydrogens (tertiary/aromatic N) is 3. The van der Waals surface area contributed by atoms with Crippen molar-refractivity contribution in [3.63, 3.8) is 0 Å². The second kappa shape index (κ2) is 7.94. The fraction of sp³-hybridized carbons (Fsp3) is 0.391. The summed E-state index contributed by atoms with van der Waals surface area (Å²) in [5.41, 5.74) is 4.50. The molecule has 2 aromatic rings. The summed E-state index contributed by atoms with van der Waals surface area (Å²) in [6, 6.07) is 13.8. The highest BCUT2D eigenvalue weighted by atomic mass is 32.2. The normalized spacial score (nSPS) is 19.1. The first-order valence-corrected chi connectivity index (χ1v) is 12.8. The van der Waals surface area contributed by atoms with Crippen LogP contribution in [0.15, 0.2) is 57.3 Å². The largest absolute Gasteiger partial charge is 0.252 e. The van der Waals surface area contributed by atoms with Crippen molar-refractivity contribution in [3.8, 4) is 0 Å². The fourth-order valence-electron chi connectivity index (χ4n) is 4.10. The molecule has 2 aliphatic heterocycles. The molecule has 0 radical (unpaired) electrons. The molecular weight excluding hydrogens is 414 g/mol. The smallest absolute Gasteiger partial charge is 0.243 e. The maximum absolute atomic E-state index is 13.2. The van der Waals surface area contributed by atoms with Crippen LogP contribution in [-0.4, -0.2) is 48.5 Å². The molecule has 7 heteroatoms. The van der Waals surface area contributed by atoms with E-state index in [4.69, 9.17) is 9.98 Å². The van der Waals surface area contributed by atoms with Crippen molar-refractivity contribution >= 4 is 32.5 Å². The SMILES string of the molecule is CSC1=NC2(CCN(S(=O)(=O)c3ccc(C)cc3C)CC2)N=C1c1ccc(C)cc1. The molecule has 1 fully saturated rings. The molecule has 2 aliphatic rings. The van der Waals surface area contributed by atoms with Gasteiger partial charge in [-0.3, -0.25) is 4.99 Å². The molecule has 0 unspecified atom stereocenters. The summed E-state index contributed by atoms with van der Waals surface area (Å²) >= 11 is 1.60. The van der Waals surface area contributed by atoms with Gasteiger partial charge < -0.3 is 0 Å². The summed E-state index contributed by atoms with van der Waals surface area (Å²) in [6.07, 6.45) is 3.20. The molecule has 4 rings (SSSR count). The zero-order chi connectivity index (χ0) is 21.5. The van der Waals surface area contributed by atoms with Crippen molar-refractivity contribution in [2.24, 2.45) is 9.98 Å². The number of piperidine rings is 1. The first kappa shape index (κ1) is 21.3. The van der Waals surface area contributed by atoms with Crippen LogP contribution in [0.25, 0.3) is 0 Å². The van der Waals surface area contributed by atoms with Gasteiger partial charge in [0.05, 0.1) is 10.6 Å². The van der Waals surface area contributed by atoms with Crippen molar-refractivity contribution in [1.82, 2.24) is 4.31 Å². The van der Waals surface area contributed by atoms with Crippen LogP contribution in [0.1, 0.15) is 35.1 Å². The molecular formula is C23H27N3O2S2. The second-order valence-corrected chi connectivity index (χ2v) is 10.8. The van der Waals surface area contributed by atoms with Gasteiger partial charge in [-0.1, -0.05) is 47.5 Å². The van der Waals surface area contributed by atoms with Crippen LogP contribution >= 0.6 is 11.8 Å². The zero-order valence-corrected chi connectivity index (χ0v) is 19.5. The van der Waals surface area contributed by atoms with Gasteiger partial charge in [-0.25, -0.2) is 13.4 Å². The molecule has 1 saturated heterocycles. The first-order chi connectivity index (χ1) is 14.2. The van der Waals surface area contributed by atoms with E-state index in [2.05, 4.69) is 31.2 Å². The Balaban J connectivity index is 1.57. The number of sulfonamides is 1.